The molecule has 0 unspecified atom stereocenters. The molecule has 8 heteroatoms. The molecular formula is C19H17NO7. The van der Waals surface area contributed by atoms with Crippen LogP contribution in [0.25, 0.3) is 0 Å². The van der Waals surface area contributed by atoms with Gasteiger partial charge in [-0.15, -0.1) is 0 Å². The third-order valence-electron chi connectivity index (χ3n) is 5.35. The van der Waals surface area contributed by atoms with Gasteiger partial charge in [0.1, 0.15) is 11.7 Å². The van der Waals surface area contributed by atoms with Crippen LogP contribution in [-0.2, 0) is 28.6 Å². The Kier molecular flexibility index (Phi) is 4.39. The van der Waals surface area contributed by atoms with E-state index >= 15 is 0 Å². The van der Waals surface area contributed by atoms with Crippen LogP contribution in [0.5, 0.6) is 0 Å². The fourth-order valence-electron chi connectivity index (χ4n) is 4.33. The molecule has 8 nitrogen and oxygen atoms in total. The summed E-state index contributed by atoms with van der Waals surface area (Å²) < 4.78 is 14.4. The maximum atomic E-state index is 12.8. The first kappa shape index (κ1) is 18.5. The second kappa shape index (κ2) is 6.43. The van der Waals surface area contributed by atoms with Crippen molar-refractivity contribution in [1.29, 1.82) is 5.26 Å². The number of carbonyl (C=O) groups is 3. The number of rotatable bonds is 3. The van der Waals surface area contributed by atoms with Gasteiger partial charge in [0.05, 0.1) is 33.0 Å². The van der Waals surface area contributed by atoms with Gasteiger partial charge in [0.2, 0.25) is 0 Å². The molecule has 0 spiro atoms. The SMILES string of the molecule is COC(=O)C1=C(O)[C@@H](C(=O)OC)[C@@H]2c3ccccc3[C@H]1[C@@]2(C#N)C(=O)OC. The Morgan fingerprint density at radius 2 is 1.70 bits per heavy atom. The summed E-state index contributed by atoms with van der Waals surface area (Å²) in [6.07, 6.45) is 0. The summed E-state index contributed by atoms with van der Waals surface area (Å²) in [5.74, 6) is -6.92. The van der Waals surface area contributed by atoms with Crippen LogP contribution in [0.15, 0.2) is 35.6 Å². The molecule has 2 bridgehead atoms. The molecule has 0 fully saturated rings. The summed E-state index contributed by atoms with van der Waals surface area (Å²) >= 11 is 0. The largest absolute Gasteiger partial charge is 0.511 e. The quantitative estimate of drug-likeness (QED) is 0.624. The van der Waals surface area contributed by atoms with Crippen LogP contribution in [-0.4, -0.2) is 44.3 Å². The Bertz CT molecular complexity index is 913. The molecule has 1 N–H and O–H groups in total. The molecule has 4 atom stereocenters. The summed E-state index contributed by atoms with van der Waals surface area (Å²) in [6, 6.07) is 8.64. The second-order valence-electron chi connectivity index (χ2n) is 6.30. The van der Waals surface area contributed by atoms with Crippen LogP contribution < -0.4 is 0 Å². The molecule has 0 aromatic heterocycles. The molecule has 1 aromatic rings. The fraction of sp³-hybridized carbons (Fsp3) is 0.368. The van der Waals surface area contributed by atoms with Crippen molar-refractivity contribution in [2.75, 3.05) is 21.3 Å². The molecule has 3 rings (SSSR count). The number of nitriles is 1. The summed E-state index contributed by atoms with van der Waals surface area (Å²) in [4.78, 5) is 37.8. The second-order valence-corrected chi connectivity index (χ2v) is 6.30. The molecule has 0 radical (unpaired) electrons. The Labute approximate surface area is 154 Å². The van der Waals surface area contributed by atoms with Gasteiger partial charge in [0.15, 0.2) is 5.41 Å². The Balaban J connectivity index is 2.46. The van der Waals surface area contributed by atoms with E-state index in [2.05, 4.69) is 0 Å². The molecule has 0 saturated carbocycles. The van der Waals surface area contributed by atoms with E-state index in [-0.39, 0.29) is 5.57 Å². The lowest BCUT2D eigenvalue weighted by Crippen LogP contribution is -2.48. The lowest BCUT2D eigenvalue weighted by molar-refractivity contribution is -0.156. The van der Waals surface area contributed by atoms with Crippen LogP contribution in [0.4, 0.5) is 0 Å². The van der Waals surface area contributed by atoms with Gasteiger partial charge in [-0.05, 0) is 11.1 Å². The standard InChI is InChI=1S/C19H17NO7/c1-25-16(22)11-13-9-6-4-5-7-10(9)14(12(15(11)21)17(23)26-2)19(13,8-20)18(24)27-3/h4-7,11,13-14,21H,1-3H3/t11-,13-,14+,19-/m0/s1. The molecule has 27 heavy (non-hydrogen) atoms. The van der Waals surface area contributed by atoms with Crippen molar-refractivity contribution in [3.8, 4) is 6.07 Å². The van der Waals surface area contributed by atoms with Crippen LogP contribution in [0, 0.1) is 22.7 Å². The van der Waals surface area contributed by atoms with Crippen molar-refractivity contribution < 1.29 is 33.7 Å². The van der Waals surface area contributed by atoms with Crippen LogP contribution in [0.2, 0.25) is 0 Å². The molecule has 0 saturated heterocycles. The molecule has 2 aliphatic carbocycles. The number of carbonyl (C=O) groups excluding carboxylic acids is 3. The number of ether oxygens (including phenoxy) is 3. The van der Waals surface area contributed by atoms with Crippen molar-refractivity contribution in [1.82, 2.24) is 0 Å². The van der Waals surface area contributed by atoms with Crippen molar-refractivity contribution in [3.63, 3.8) is 0 Å². The summed E-state index contributed by atoms with van der Waals surface area (Å²) in [6.45, 7) is 0. The molecule has 0 heterocycles. The predicted octanol–water partition coefficient (Wildman–Crippen LogP) is 1.34. The molecule has 2 aliphatic rings. The fourth-order valence-corrected chi connectivity index (χ4v) is 4.33. The topological polar surface area (TPSA) is 123 Å². The minimum atomic E-state index is -1.92. The number of nitrogens with zero attached hydrogens (tertiary/aromatic N) is 1. The molecule has 0 aliphatic heterocycles. The molecular weight excluding hydrogens is 354 g/mol. The highest BCUT2D eigenvalue weighted by Gasteiger charge is 2.69. The molecule has 0 amide bonds. The van der Waals surface area contributed by atoms with E-state index in [0.29, 0.717) is 11.1 Å². The maximum absolute atomic E-state index is 12.8. The summed E-state index contributed by atoms with van der Waals surface area (Å²) in [7, 11) is 3.34. The van der Waals surface area contributed by atoms with Crippen molar-refractivity contribution in [2.24, 2.45) is 11.3 Å². The van der Waals surface area contributed by atoms with Gasteiger partial charge in [-0.3, -0.25) is 9.59 Å². The van der Waals surface area contributed by atoms with E-state index in [1.54, 1.807) is 24.3 Å². The highest BCUT2D eigenvalue weighted by Crippen LogP contribution is 2.65. The van der Waals surface area contributed by atoms with E-state index in [9.17, 15) is 24.8 Å². The minimum Gasteiger partial charge on any atom is -0.511 e. The number of esters is 3. The highest BCUT2D eigenvalue weighted by molar-refractivity contribution is 5.99. The summed E-state index contributed by atoms with van der Waals surface area (Å²) in [5, 5.41) is 20.9. The Morgan fingerprint density at radius 1 is 1.07 bits per heavy atom. The number of fused-ring (bicyclic) bond motifs is 5. The van der Waals surface area contributed by atoms with Gasteiger partial charge >= 0.3 is 17.9 Å². The average Bonchev–Trinajstić information content (AvgIpc) is 2.92. The van der Waals surface area contributed by atoms with Crippen LogP contribution >= 0.6 is 0 Å². The van der Waals surface area contributed by atoms with Gasteiger partial charge in [-0.2, -0.15) is 5.26 Å². The van der Waals surface area contributed by atoms with E-state index in [4.69, 9.17) is 14.2 Å². The number of benzene rings is 1. The van der Waals surface area contributed by atoms with E-state index < -0.39 is 46.8 Å². The number of aliphatic hydroxyl groups is 1. The average molecular weight is 371 g/mol. The zero-order chi connectivity index (χ0) is 19.9. The predicted molar refractivity (Wildman–Crippen MR) is 89.2 cm³/mol. The monoisotopic (exact) mass is 371 g/mol. The maximum Gasteiger partial charge on any atom is 0.337 e. The molecule has 1 aromatic carbocycles. The first-order chi connectivity index (χ1) is 12.9. The number of hydrogen-bond donors (Lipinski definition) is 1. The third-order valence-corrected chi connectivity index (χ3v) is 5.35. The van der Waals surface area contributed by atoms with Gasteiger partial charge in [0.25, 0.3) is 0 Å². The lowest BCUT2D eigenvalue weighted by Gasteiger charge is -2.39. The van der Waals surface area contributed by atoms with Crippen LogP contribution in [0.1, 0.15) is 23.0 Å². The lowest BCUT2D eigenvalue weighted by atomic mass is 9.60. The van der Waals surface area contributed by atoms with Gasteiger partial charge < -0.3 is 19.3 Å². The zero-order valence-corrected chi connectivity index (χ0v) is 14.9. The van der Waals surface area contributed by atoms with E-state index in [1.807, 2.05) is 6.07 Å². The minimum absolute atomic E-state index is 0.318. The Morgan fingerprint density at radius 3 is 2.22 bits per heavy atom. The first-order valence-electron chi connectivity index (χ1n) is 8.08. The Hall–Kier alpha value is -3.34. The van der Waals surface area contributed by atoms with Crippen molar-refractivity contribution in [3.05, 3.63) is 46.7 Å². The van der Waals surface area contributed by atoms with Crippen molar-refractivity contribution >= 4 is 17.9 Å². The van der Waals surface area contributed by atoms with E-state index in [1.165, 1.54) is 0 Å². The normalized spacial score (nSPS) is 28.0. The summed E-state index contributed by atoms with van der Waals surface area (Å²) in [5.41, 5.74) is -1.27. The van der Waals surface area contributed by atoms with Gasteiger partial charge in [0, 0.05) is 11.8 Å². The van der Waals surface area contributed by atoms with E-state index in [0.717, 1.165) is 21.3 Å². The van der Waals surface area contributed by atoms with Crippen LogP contribution in [0.3, 0.4) is 0 Å². The zero-order valence-electron chi connectivity index (χ0n) is 14.9. The molecule has 140 valence electrons. The van der Waals surface area contributed by atoms with Gasteiger partial charge in [-0.25, -0.2) is 4.79 Å². The number of aliphatic hydroxyl groups excluding tert-OH is 1. The first-order valence-corrected chi connectivity index (χ1v) is 8.08. The van der Waals surface area contributed by atoms with Crippen molar-refractivity contribution in [2.45, 2.75) is 11.8 Å². The highest BCUT2D eigenvalue weighted by atomic mass is 16.5. The van der Waals surface area contributed by atoms with Gasteiger partial charge in [-0.1, -0.05) is 24.3 Å². The number of hydrogen-bond acceptors (Lipinski definition) is 8. The third kappa shape index (κ3) is 2.18. The smallest absolute Gasteiger partial charge is 0.337 e. The number of methoxy groups -OCH3 is 3.